The van der Waals surface area contributed by atoms with Crippen LogP contribution >= 0.6 is 24.8 Å². The second-order valence-electron chi connectivity index (χ2n) is 8.02. The van der Waals surface area contributed by atoms with E-state index in [1.807, 2.05) is 6.07 Å². The van der Waals surface area contributed by atoms with Crippen LogP contribution < -0.4 is 5.32 Å². The van der Waals surface area contributed by atoms with Gasteiger partial charge in [0.15, 0.2) is 0 Å². The number of esters is 1. The summed E-state index contributed by atoms with van der Waals surface area (Å²) in [6, 6.07) is 19.2. The second-order valence-corrected chi connectivity index (χ2v) is 8.02. The molecule has 1 spiro atoms. The molecule has 2 aliphatic heterocycles. The van der Waals surface area contributed by atoms with Gasteiger partial charge in [0, 0.05) is 19.5 Å². The van der Waals surface area contributed by atoms with Gasteiger partial charge < -0.3 is 10.1 Å². The minimum atomic E-state index is -0.228. The van der Waals surface area contributed by atoms with Crippen molar-refractivity contribution < 1.29 is 9.53 Å². The van der Waals surface area contributed by atoms with E-state index in [9.17, 15) is 4.79 Å². The molecule has 1 atom stereocenters. The van der Waals surface area contributed by atoms with E-state index in [2.05, 4.69) is 65.8 Å². The summed E-state index contributed by atoms with van der Waals surface area (Å²) >= 11 is 0. The second kappa shape index (κ2) is 10.4. The van der Waals surface area contributed by atoms with Crippen LogP contribution in [-0.2, 0) is 16.1 Å². The normalized spacial score (nSPS) is 20.1. The molecule has 2 heterocycles. The van der Waals surface area contributed by atoms with Gasteiger partial charge in [-0.3, -0.25) is 9.69 Å². The molecule has 0 bridgehead atoms. The van der Waals surface area contributed by atoms with Crippen molar-refractivity contribution in [3.05, 3.63) is 60.2 Å². The highest BCUT2D eigenvalue weighted by Crippen LogP contribution is 2.41. The standard InChI is InChI=1S/C23H28N2O2.2ClH/c1-25(17-21-15-23(22(26)27-21)11-13-24-14-12-23)16-18-7-9-20(10-8-18)19-5-3-2-4-6-19;;/h2-10,21,24H,11-17H2,1H3;2*1H. The Morgan fingerprint density at radius 1 is 1.00 bits per heavy atom. The van der Waals surface area contributed by atoms with Crippen LogP contribution in [0.1, 0.15) is 24.8 Å². The van der Waals surface area contributed by atoms with Crippen molar-refractivity contribution in [1.82, 2.24) is 10.2 Å². The van der Waals surface area contributed by atoms with Gasteiger partial charge in [-0.1, -0.05) is 54.6 Å². The van der Waals surface area contributed by atoms with E-state index in [1.54, 1.807) is 0 Å². The Kier molecular flexibility index (Phi) is 8.53. The number of hydrogen-bond acceptors (Lipinski definition) is 4. The zero-order chi connectivity index (χ0) is 18.7. The molecule has 1 N–H and O–H groups in total. The Hall–Kier alpha value is -1.59. The first-order valence-corrected chi connectivity index (χ1v) is 9.89. The van der Waals surface area contributed by atoms with Crippen molar-refractivity contribution >= 4 is 30.8 Å². The van der Waals surface area contributed by atoms with E-state index >= 15 is 0 Å². The number of carbonyl (C=O) groups is 1. The van der Waals surface area contributed by atoms with E-state index < -0.39 is 0 Å². The molecule has 0 aliphatic carbocycles. The third-order valence-electron chi connectivity index (χ3n) is 5.91. The first kappa shape index (κ1) is 23.7. The Balaban J connectivity index is 0.00000150. The van der Waals surface area contributed by atoms with Gasteiger partial charge in [-0.25, -0.2) is 0 Å². The number of nitrogens with zero attached hydrogens (tertiary/aromatic N) is 1. The van der Waals surface area contributed by atoms with Gasteiger partial charge in [0.1, 0.15) is 6.10 Å². The maximum atomic E-state index is 12.4. The van der Waals surface area contributed by atoms with Crippen molar-refractivity contribution in [3.8, 4) is 11.1 Å². The fourth-order valence-corrected chi connectivity index (χ4v) is 4.41. The zero-order valence-corrected chi connectivity index (χ0v) is 18.4. The number of likely N-dealkylation sites (N-methyl/N-ethyl adjacent to an activating group) is 1. The molecule has 158 valence electrons. The van der Waals surface area contributed by atoms with Gasteiger partial charge in [0.25, 0.3) is 0 Å². The van der Waals surface area contributed by atoms with Crippen molar-refractivity contribution in [2.24, 2.45) is 5.41 Å². The molecule has 29 heavy (non-hydrogen) atoms. The van der Waals surface area contributed by atoms with Crippen molar-refractivity contribution in [2.45, 2.75) is 31.9 Å². The summed E-state index contributed by atoms with van der Waals surface area (Å²) in [7, 11) is 2.10. The molecule has 0 aromatic heterocycles. The maximum absolute atomic E-state index is 12.4. The van der Waals surface area contributed by atoms with Crippen molar-refractivity contribution in [1.29, 1.82) is 0 Å². The first-order valence-electron chi connectivity index (χ1n) is 9.89. The summed E-state index contributed by atoms with van der Waals surface area (Å²) in [5.41, 5.74) is 3.52. The summed E-state index contributed by atoms with van der Waals surface area (Å²) in [5, 5.41) is 3.34. The molecule has 0 radical (unpaired) electrons. The van der Waals surface area contributed by atoms with Crippen LogP contribution in [0.2, 0.25) is 0 Å². The van der Waals surface area contributed by atoms with E-state index in [4.69, 9.17) is 4.74 Å². The van der Waals surface area contributed by atoms with E-state index in [1.165, 1.54) is 16.7 Å². The third kappa shape index (κ3) is 5.52. The van der Waals surface area contributed by atoms with Gasteiger partial charge >= 0.3 is 5.97 Å². The summed E-state index contributed by atoms with van der Waals surface area (Å²) in [5.74, 6) is 0.0228. The zero-order valence-electron chi connectivity index (χ0n) is 16.8. The van der Waals surface area contributed by atoms with Crippen LogP contribution in [0.25, 0.3) is 11.1 Å². The minimum absolute atomic E-state index is 0. The molecule has 1 unspecified atom stereocenters. The Labute approximate surface area is 185 Å². The minimum Gasteiger partial charge on any atom is -0.461 e. The van der Waals surface area contributed by atoms with Crippen LogP contribution in [0.5, 0.6) is 0 Å². The first-order chi connectivity index (χ1) is 13.1. The number of nitrogens with one attached hydrogen (secondary N) is 1. The van der Waals surface area contributed by atoms with Gasteiger partial charge in [0.05, 0.1) is 5.41 Å². The molecule has 6 heteroatoms. The molecular weight excluding hydrogens is 407 g/mol. The molecular formula is C23H30Cl2N2O2. The molecule has 2 fully saturated rings. The average Bonchev–Trinajstić information content (AvgIpc) is 2.97. The monoisotopic (exact) mass is 436 g/mol. The molecule has 4 nitrogen and oxygen atoms in total. The lowest BCUT2D eigenvalue weighted by molar-refractivity contribution is -0.150. The van der Waals surface area contributed by atoms with Gasteiger partial charge in [-0.2, -0.15) is 0 Å². The lowest BCUT2D eigenvalue weighted by Gasteiger charge is -2.29. The van der Waals surface area contributed by atoms with Crippen molar-refractivity contribution in [2.75, 3.05) is 26.7 Å². The number of benzene rings is 2. The van der Waals surface area contributed by atoms with Crippen LogP contribution in [0, 0.1) is 5.41 Å². The van der Waals surface area contributed by atoms with Crippen LogP contribution in [0.3, 0.4) is 0 Å². The molecule has 4 rings (SSSR count). The molecule has 2 saturated heterocycles. The van der Waals surface area contributed by atoms with E-state index in [0.717, 1.165) is 45.4 Å². The number of halogens is 2. The predicted molar refractivity (Wildman–Crippen MR) is 122 cm³/mol. The van der Waals surface area contributed by atoms with Crippen LogP contribution in [-0.4, -0.2) is 43.7 Å². The lowest BCUT2D eigenvalue weighted by atomic mass is 9.76. The van der Waals surface area contributed by atoms with Gasteiger partial charge in [0.2, 0.25) is 0 Å². The largest absolute Gasteiger partial charge is 0.461 e. The summed E-state index contributed by atoms with van der Waals surface area (Å²) in [6.45, 7) is 3.50. The Morgan fingerprint density at radius 2 is 1.62 bits per heavy atom. The predicted octanol–water partition coefficient (Wildman–Crippen LogP) is 4.31. The van der Waals surface area contributed by atoms with Crippen LogP contribution in [0.4, 0.5) is 0 Å². The number of carbonyl (C=O) groups excluding carboxylic acids is 1. The summed E-state index contributed by atoms with van der Waals surface area (Å²) in [6.07, 6.45) is 2.70. The number of rotatable bonds is 5. The van der Waals surface area contributed by atoms with E-state index in [0.29, 0.717) is 0 Å². The highest BCUT2D eigenvalue weighted by Gasteiger charge is 2.49. The number of hydrogen-bond donors (Lipinski definition) is 1. The highest BCUT2D eigenvalue weighted by molar-refractivity contribution is 5.85. The quantitative estimate of drug-likeness (QED) is 0.708. The van der Waals surface area contributed by atoms with Gasteiger partial charge in [-0.05, 0) is 49.7 Å². The number of piperidine rings is 1. The van der Waals surface area contributed by atoms with Crippen LogP contribution in [0.15, 0.2) is 54.6 Å². The average molecular weight is 437 g/mol. The molecule has 0 amide bonds. The van der Waals surface area contributed by atoms with Crippen molar-refractivity contribution in [3.63, 3.8) is 0 Å². The molecule has 2 aromatic carbocycles. The topological polar surface area (TPSA) is 41.6 Å². The molecule has 0 saturated carbocycles. The summed E-state index contributed by atoms with van der Waals surface area (Å²) in [4.78, 5) is 14.7. The highest BCUT2D eigenvalue weighted by atomic mass is 35.5. The Bertz CT molecular complexity index is 777. The fourth-order valence-electron chi connectivity index (χ4n) is 4.41. The molecule has 2 aliphatic rings. The number of ether oxygens (including phenoxy) is 1. The Morgan fingerprint density at radius 3 is 2.28 bits per heavy atom. The van der Waals surface area contributed by atoms with E-state index in [-0.39, 0.29) is 42.3 Å². The third-order valence-corrected chi connectivity index (χ3v) is 5.91. The smallest absolute Gasteiger partial charge is 0.312 e. The van der Waals surface area contributed by atoms with Gasteiger partial charge in [-0.15, -0.1) is 24.8 Å². The number of cyclic esters (lactones) is 1. The maximum Gasteiger partial charge on any atom is 0.312 e. The lowest BCUT2D eigenvalue weighted by Crippen LogP contribution is -2.39. The molecule has 2 aromatic rings. The summed E-state index contributed by atoms with van der Waals surface area (Å²) < 4.78 is 5.73. The fraction of sp³-hybridized carbons (Fsp3) is 0.435. The SMILES string of the molecule is CN(Cc1ccc(-c2ccccc2)cc1)CC1CC2(CCNCC2)C(=O)O1.Cl.Cl.